The molecule has 1 heterocycles. The molecule has 20 heavy (non-hydrogen) atoms. The molecule has 0 amide bonds. The molecule has 0 aromatic heterocycles. The molecule has 1 atom stereocenters. The molecule has 0 radical (unpaired) electrons. The normalized spacial score (nSPS) is 19.6. The van der Waals surface area contributed by atoms with Crippen LogP contribution in [-0.2, 0) is 11.3 Å². The second-order valence-electron chi connectivity index (χ2n) is 5.20. The first-order valence-corrected chi connectivity index (χ1v) is 7.00. The number of piperidine rings is 1. The van der Waals surface area contributed by atoms with Crippen molar-refractivity contribution in [2.45, 2.75) is 26.3 Å². The molecule has 0 spiro atoms. The number of hydrogen-bond acceptors (Lipinski definition) is 4. The highest BCUT2D eigenvalue weighted by molar-refractivity contribution is 5.82. The smallest absolute Gasteiger partial charge is 0.138 e. The van der Waals surface area contributed by atoms with E-state index in [9.17, 15) is 4.79 Å². The van der Waals surface area contributed by atoms with Gasteiger partial charge < -0.3 is 4.74 Å². The number of carbonyl (C=O) groups excluding carboxylic acids is 1. The summed E-state index contributed by atoms with van der Waals surface area (Å²) in [5.74, 6) is 1.16. The van der Waals surface area contributed by atoms with Crippen LogP contribution in [0.2, 0.25) is 0 Å². The van der Waals surface area contributed by atoms with Gasteiger partial charge in [-0.3, -0.25) is 9.69 Å². The average molecular weight is 272 g/mol. The Morgan fingerprint density at radius 3 is 2.95 bits per heavy atom. The highest BCUT2D eigenvalue weighted by Crippen LogP contribution is 2.22. The van der Waals surface area contributed by atoms with Gasteiger partial charge in [-0.1, -0.05) is 13.0 Å². The number of hydrogen-bond donors (Lipinski definition) is 0. The van der Waals surface area contributed by atoms with Crippen molar-refractivity contribution >= 4 is 5.78 Å². The van der Waals surface area contributed by atoms with E-state index in [4.69, 9.17) is 10.00 Å². The molecular formula is C16H20N2O2. The van der Waals surface area contributed by atoms with Crippen LogP contribution in [0, 0.1) is 17.2 Å². The number of Topliss-reactive ketones (excluding diaryl/α,β-unsaturated/α-hetero) is 1. The summed E-state index contributed by atoms with van der Waals surface area (Å²) in [5, 5.41) is 9.11. The number of ketones is 1. The minimum absolute atomic E-state index is 0.164. The summed E-state index contributed by atoms with van der Waals surface area (Å²) in [4.78, 5) is 14.0. The molecule has 0 bridgehead atoms. The van der Waals surface area contributed by atoms with Crippen LogP contribution in [-0.4, -0.2) is 30.9 Å². The summed E-state index contributed by atoms with van der Waals surface area (Å²) in [5.41, 5.74) is 1.65. The fourth-order valence-corrected chi connectivity index (χ4v) is 2.68. The van der Waals surface area contributed by atoms with E-state index in [2.05, 4.69) is 17.9 Å². The van der Waals surface area contributed by atoms with Crippen molar-refractivity contribution in [3.05, 3.63) is 29.3 Å². The minimum Gasteiger partial charge on any atom is -0.495 e. The highest BCUT2D eigenvalue weighted by atomic mass is 16.5. The molecule has 1 aliphatic rings. The van der Waals surface area contributed by atoms with Gasteiger partial charge in [-0.05, 0) is 24.1 Å². The van der Waals surface area contributed by atoms with Crippen molar-refractivity contribution in [1.29, 1.82) is 5.26 Å². The number of likely N-dealkylation sites (tertiary alicyclic amines) is 1. The Kier molecular flexibility index (Phi) is 4.75. The van der Waals surface area contributed by atoms with Gasteiger partial charge in [-0.15, -0.1) is 0 Å². The SMILES string of the molecule is CCC1CN(Cc2ccc(OC)c(C#N)c2)CCC1=O. The van der Waals surface area contributed by atoms with E-state index in [0.717, 1.165) is 31.6 Å². The number of ether oxygens (including phenoxy) is 1. The Morgan fingerprint density at radius 2 is 2.30 bits per heavy atom. The molecule has 0 N–H and O–H groups in total. The minimum atomic E-state index is 0.164. The summed E-state index contributed by atoms with van der Waals surface area (Å²) in [7, 11) is 1.57. The van der Waals surface area contributed by atoms with Crippen molar-refractivity contribution in [3.8, 4) is 11.8 Å². The molecule has 1 unspecified atom stereocenters. The molecule has 1 saturated heterocycles. The first-order chi connectivity index (χ1) is 9.67. The number of rotatable bonds is 4. The summed E-state index contributed by atoms with van der Waals surface area (Å²) in [6, 6.07) is 7.84. The first-order valence-electron chi connectivity index (χ1n) is 7.00. The van der Waals surface area contributed by atoms with E-state index >= 15 is 0 Å². The molecule has 4 heteroatoms. The third-order valence-electron chi connectivity index (χ3n) is 3.89. The number of benzene rings is 1. The lowest BCUT2D eigenvalue weighted by molar-refractivity contribution is -0.126. The molecule has 1 aliphatic heterocycles. The summed E-state index contributed by atoms with van der Waals surface area (Å²) in [6.07, 6.45) is 1.54. The standard InChI is InChI=1S/C16H20N2O2/c1-3-13-11-18(7-6-15(13)19)10-12-4-5-16(20-2)14(8-12)9-17/h4-5,8,13H,3,6-7,10-11H2,1-2H3. The second-order valence-corrected chi connectivity index (χ2v) is 5.20. The van der Waals surface area contributed by atoms with Crippen LogP contribution in [0.3, 0.4) is 0 Å². The number of nitrogens with zero attached hydrogens (tertiary/aromatic N) is 2. The van der Waals surface area contributed by atoms with Gasteiger partial charge in [-0.25, -0.2) is 0 Å². The zero-order valence-electron chi connectivity index (χ0n) is 12.1. The Hall–Kier alpha value is -1.86. The summed E-state index contributed by atoms with van der Waals surface area (Å²) in [6.45, 7) is 4.47. The lowest BCUT2D eigenvalue weighted by Crippen LogP contribution is -2.40. The highest BCUT2D eigenvalue weighted by Gasteiger charge is 2.25. The first kappa shape index (κ1) is 14.5. The van der Waals surface area contributed by atoms with Crippen LogP contribution in [0.25, 0.3) is 0 Å². The lowest BCUT2D eigenvalue weighted by atomic mass is 9.94. The van der Waals surface area contributed by atoms with Gasteiger partial charge >= 0.3 is 0 Å². The molecule has 106 valence electrons. The van der Waals surface area contributed by atoms with Crippen molar-refractivity contribution in [1.82, 2.24) is 4.90 Å². The second kappa shape index (κ2) is 6.53. The predicted octanol–water partition coefficient (Wildman–Crippen LogP) is 2.37. The maximum Gasteiger partial charge on any atom is 0.138 e. The fraction of sp³-hybridized carbons (Fsp3) is 0.500. The summed E-state index contributed by atoms with van der Waals surface area (Å²) < 4.78 is 5.15. The van der Waals surface area contributed by atoms with E-state index in [1.54, 1.807) is 7.11 Å². The Bertz CT molecular complexity index is 534. The Labute approximate surface area is 120 Å². The zero-order valence-corrected chi connectivity index (χ0v) is 12.1. The van der Waals surface area contributed by atoms with Crippen LogP contribution in [0.4, 0.5) is 0 Å². The quantitative estimate of drug-likeness (QED) is 0.844. The largest absolute Gasteiger partial charge is 0.495 e. The van der Waals surface area contributed by atoms with Crippen LogP contribution in [0.15, 0.2) is 18.2 Å². The molecule has 1 aromatic carbocycles. The molecule has 2 rings (SSSR count). The molecule has 4 nitrogen and oxygen atoms in total. The van der Waals surface area contributed by atoms with Crippen LogP contribution in [0.1, 0.15) is 30.9 Å². The Morgan fingerprint density at radius 1 is 1.50 bits per heavy atom. The van der Waals surface area contributed by atoms with Gasteiger partial charge in [0.1, 0.15) is 17.6 Å². The molecular weight excluding hydrogens is 252 g/mol. The molecule has 1 fully saturated rings. The molecule has 1 aromatic rings. The number of nitriles is 1. The van der Waals surface area contributed by atoms with Crippen molar-refractivity contribution in [2.24, 2.45) is 5.92 Å². The van der Waals surface area contributed by atoms with Gasteiger partial charge in [-0.2, -0.15) is 5.26 Å². The van der Waals surface area contributed by atoms with Crippen LogP contribution < -0.4 is 4.74 Å². The van der Waals surface area contributed by atoms with Crippen molar-refractivity contribution in [3.63, 3.8) is 0 Å². The van der Waals surface area contributed by atoms with E-state index in [0.29, 0.717) is 23.5 Å². The number of carbonyl (C=O) groups is 1. The zero-order chi connectivity index (χ0) is 14.5. The van der Waals surface area contributed by atoms with Gasteiger partial charge in [0.25, 0.3) is 0 Å². The van der Waals surface area contributed by atoms with Crippen molar-refractivity contribution in [2.75, 3.05) is 20.2 Å². The number of methoxy groups -OCH3 is 1. The van der Waals surface area contributed by atoms with Gasteiger partial charge in [0, 0.05) is 32.0 Å². The maximum atomic E-state index is 11.7. The van der Waals surface area contributed by atoms with Gasteiger partial charge in [0.2, 0.25) is 0 Å². The molecule has 0 aliphatic carbocycles. The Balaban J connectivity index is 2.07. The monoisotopic (exact) mass is 272 g/mol. The summed E-state index contributed by atoms with van der Waals surface area (Å²) >= 11 is 0. The van der Waals surface area contributed by atoms with E-state index in [-0.39, 0.29) is 5.92 Å². The van der Waals surface area contributed by atoms with E-state index in [1.807, 2.05) is 18.2 Å². The third-order valence-corrected chi connectivity index (χ3v) is 3.89. The average Bonchev–Trinajstić information content (AvgIpc) is 2.49. The fourth-order valence-electron chi connectivity index (χ4n) is 2.68. The van der Waals surface area contributed by atoms with Crippen LogP contribution in [0.5, 0.6) is 5.75 Å². The maximum absolute atomic E-state index is 11.7. The topological polar surface area (TPSA) is 53.3 Å². The van der Waals surface area contributed by atoms with E-state index in [1.165, 1.54) is 0 Å². The predicted molar refractivity (Wildman–Crippen MR) is 76.4 cm³/mol. The van der Waals surface area contributed by atoms with Crippen LogP contribution >= 0.6 is 0 Å². The van der Waals surface area contributed by atoms with Crippen molar-refractivity contribution < 1.29 is 9.53 Å². The van der Waals surface area contributed by atoms with E-state index < -0.39 is 0 Å². The van der Waals surface area contributed by atoms with Gasteiger partial charge in [0.15, 0.2) is 0 Å². The third kappa shape index (κ3) is 3.17. The lowest BCUT2D eigenvalue weighted by Gasteiger charge is -2.31. The van der Waals surface area contributed by atoms with Gasteiger partial charge in [0.05, 0.1) is 12.7 Å². The molecule has 0 saturated carbocycles.